The standard InChI is InChI=1S/C20H26N4O2/c21-17-13-18(26-16-7-4-8-22-14-16)20(25)19(17)24-11-9-23(10-12-24)15-5-2-1-3-6-15/h1-8,14,17-20,25H,9-13,21H2/t17-,18-,19+,20+/m1/s1. The van der Waals surface area contributed by atoms with Crippen molar-refractivity contribution in [3.05, 3.63) is 54.9 Å². The zero-order valence-corrected chi connectivity index (χ0v) is 14.8. The molecule has 0 bridgehead atoms. The van der Waals surface area contributed by atoms with Crippen LogP contribution in [-0.2, 0) is 0 Å². The minimum absolute atomic E-state index is 0.0606. The maximum Gasteiger partial charge on any atom is 0.138 e. The molecule has 2 heterocycles. The van der Waals surface area contributed by atoms with Gasteiger partial charge in [0.2, 0.25) is 0 Å². The number of aliphatic hydroxyl groups is 1. The van der Waals surface area contributed by atoms with E-state index in [4.69, 9.17) is 10.5 Å². The topological polar surface area (TPSA) is 74.8 Å². The van der Waals surface area contributed by atoms with Crippen LogP contribution in [0.1, 0.15) is 6.42 Å². The van der Waals surface area contributed by atoms with Gasteiger partial charge in [0.1, 0.15) is 18.0 Å². The smallest absolute Gasteiger partial charge is 0.138 e. The second-order valence-electron chi connectivity index (χ2n) is 7.08. The van der Waals surface area contributed by atoms with Crippen LogP contribution < -0.4 is 15.4 Å². The molecule has 0 amide bonds. The number of piperazine rings is 1. The van der Waals surface area contributed by atoms with Crippen LogP contribution in [0.15, 0.2) is 54.9 Å². The number of pyridine rings is 1. The first kappa shape index (κ1) is 17.3. The van der Waals surface area contributed by atoms with Gasteiger partial charge in [-0.05, 0) is 24.3 Å². The number of nitrogens with zero attached hydrogens (tertiary/aromatic N) is 3. The van der Waals surface area contributed by atoms with Crippen LogP contribution >= 0.6 is 0 Å². The highest BCUT2D eigenvalue weighted by Crippen LogP contribution is 2.29. The molecule has 1 aromatic carbocycles. The quantitative estimate of drug-likeness (QED) is 0.857. The fraction of sp³-hybridized carbons (Fsp3) is 0.450. The molecule has 26 heavy (non-hydrogen) atoms. The lowest BCUT2D eigenvalue weighted by molar-refractivity contribution is 0.00666. The van der Waals surface area contributed by atoms with Gasteiger partial charge in [-0.3, -0.25) is 9.88 Å². The first-order valence-electron chi connectivity index (χ1n) is 9.27. The fourth-order valence-corrected chi connectivity index (χ4v) is 4.13. The highest BCUT2D eigenvalue weighted by Gasteiger charge is 2.45. The number of hydrogen-bond acceptors (Lipinski definition) is 6. The molecule has 1 saturated heterocycles. The predicted octanol–water partition coefficient (Wildman–Crippen LogP) is 1.11. The summed E-state index contributed by atoms with van der Waals surface area (Å²) in [7, 11) is 0. The molecular weight excluding hydrogens is 328 g/mol. The molecule has 0 unspecified atom stereocenters. The molecule has 1 aliphatic heterocycles. The van der Waals surface area contributed by atoms with E-state index in [0.717, 1.165) is 26.2 Å². The third-order valence-corrected chi connectivity index (χ3v) is 5.45. The molecule has 3 N–H and O–H groups in total. The molecule has 138 valence electrons. The summed E-state index contributed by atoms with van der Waals surface area (Å²) in [5.41, 5.74) is 7.63. The van der Waals surface area contributed by atoms with Crippen molar-refractivity contribution >= 4 is 5.69 Å². The van der Waals surface area contributed by atoms with E-state index in [0.29, 0.717) is 12.2 Å². The van der Waals surface area contributed by atoms with Crippen molar-refractivity contribution in [1.82, 2.24) is 9.88 Å². The van der Waals surface area contributed by atoms with Crippen LogP contribution in [0.4, 0.5) is 5.69 Å². The molecule has 6 nitrogen and oxygen atoms in total. The lowest BCUT2D eigenvalue weighted by atomic mass is 10.1. The lowest BCUT2D eigenvalue weighted by Gasteiger charge is -2.41. The zero-order valence-electron chi connectivity index (χ0n) is 14.8. The van der Waals surface area contributed by atoms with Crippen molar-refractivity contribution in [3.8, 4) is 5.75 Å². The third-order valence-electron chi connectivity index (χ3n) is 5.45. The Morgan fingerprint density at radius 3 is 2.50 bits per heavy atom. The van der Waals surface area contributed by atoms with Gasteiger partial charge in [-0.25, -0.2) is 0 Å². The Bertz CT molecular complexity index is 691. The van der Waals surface area contributed by atoms with Crippen LogP contribution in [-0.4, -0.2) is 65.5 Å². The summed E-state index contributed by atoms with van der Waals surface area (Å²) in [6.07, 6.45) is 3.16. The van der Waals surface area contributed by atoms with Gasteiger partial charge < -0.3 is 20.5 Å². The number of aliphatic hydroxyl groups excluding tert-OH is 1. The van der Waals surface area contributed by atoms with E-state index in [-0.39, 0.29) is 18.2 Å². The van der Waals surface area contributed by atoms with Crippen LogP contribution in [0.25, 0.3) is 0 Å². The van der Waals surface area contributed by atoms with Crippen LogP contribution in [0.2, 0.25) is 0 Å². The zero-order chi connectivity index (χ0) is 17.9. The number of benzene rings is 1. The first-order chi connectivity index (χ1) is 12.7. The van der Waals surface area contributed by atoms with E-state index < -0.39 is 6.10 Å². The maximum absolute atomic E-state index is 10.8. The highest BCUT2D eigenvalue weighted by molar-refractivity contribution is 5.46. The van der Waals surface area contributed by atoms with Gasteiger partial charge in [0.15, 0.2) is 0 Å². The van der Waals surface area contributed by atoms with Crippen LogP contribution in [0.3, 0.4) is 0 Å². The molecule has 6 heteroatoms. The van der Waals surface area contributed by atoms with Gasteiger partial charge in [0.25, 0.3) is 0 Å². The number of para-hydroxylation sites is 1. The average Bonchev–Trinajstić information content (AvgIpc) is 2.97. The van der Waals surface area contributed by atoms with Gasteiger partial charge in [-0.15, -0.1) is 0 Å². The summed E-state index contributed by atoms with van der Waals surface area (Å²) >= 11 is 0. The maximum atomic E-state index is 10.8. The second kappa shape index (κ2) is 7.61. The van der Waals surface area contributed by atoms with Gasteiger partial charge in [-0.2, -0.15) is 0 Å². The number of aromatic nitrogens is 1. The molecule has 4 rings (SSSR count). The summed E-state index contributed by atoms with van der Waals surface area (Å²) in [4.78, 5) is 8.77. The molecule has 0 spiro atoms. The Labute approximate surface area is 154 Å². The van der Waals surface area contributed by atoms with Gasteiger partial charge in [0.05, 0.1) is 12.2 Å². The Hall–Kier alpha value is -2.15. The van der Waals surface area contributed by atoms with E-state index in [1.54, 1.807) is 12.4 Å². The number of anilines is 1. The number of rotatable bonds is 4. The first-order valence-corrected chi connectivity index (χ1v) is 9.27. The number of hydrogen-bond donors (Lipinski definition) is 2. The SMILES string of the molecule is N[C@@H]1C[C@@H](Oc2cccnc2)[C@H](O)[C@H]1N1CCN(c2ccccc2)CC1. The Morgan fingerprint density at radius 1 is 1.04 bits per heavy atom. The van der Waals surface area contributed by atoms with E-state index in [9.17, 15) is 5.11 Å². The van der Waals surface area contributed by atoms with E-state index >= 15 is 0 Å². The van der Waals surface area contributed by atoms with Crippen molar-refractivity contribution in [2.45, 2.75) is 30.7 Å². The van der Waals surface area contributed by atoms with Crippen molar-refractivity contribution in [2.24, 2.45) is 5.73 Å². The number of ether oxygens (including phenoxy) is 1. The Balaban J connectivity index is 1.37. The molecular formula is C20H26N4O2. The van der Waals surface area contributed by atoms with Gasteiger partial charge in [-0.1, -0.05) is 18.2 Å². The van der Waals surface area contributed by atoms with Gasteiger partial charge >= 0.3 is 0 Å². The predicted molar refractivity (Wildman–Crippen MR) is 101 cm³/mol. The van der Waals surface area contributed by atoms with E-state index in [1.165, 1.54) is 5.69 Å². The van der Waals surface area contributed by atoms with E-state index in [2.05, 4.69) is 39.0 Å². The molecule has 4 atom stereocenters. The summed E-state index contributed by atoms with van der Waals surface area (Å²) in [5.74, 6) is 0.679. The highest BCUT2D eigenvalue weighted by atomic mass is 16.5. The fourth-order valence-electron chi connectivity index (χ4n) is 4.13. The monoisotopic (exact) mass is 354 g/mol. The molecule has 2 aliphatic rings. The average molecular weight is 354 g/mol. The van der Waals surface area contributed by atoms with Crippen LogP contribution in [0.5, 0.6) is 5.75 Å². The molecule has 2 aromatic rings. The van der Waals surface area contributed by atoms with Crippen molar-refractivity contribution in [2.75, 3.05) is 31.1 Å². The third kappa shape index (κ3) is 3.53. The van der Waals surface area contributed by atoms with Crippen molar-refractivity contribution in [1.29, 1.82) is 0 Å². The summed E-state index contributed by atoms with van der Waals surface area (Å²) in [6, 6.07) is 14.0. The number of nitrogens with two attached hydrogens (primary N) is 1. The van der Waals surface area contributed by atoms with Crippen LogP contribution in [0, 0.1) is 0 Å². The Kier molecular flexibility index (Phi) is 5.06. The van der Waals surface area contributed by atoms with Crippen molar-refractivity contribution < 1.29 is 9.84 Å². The second-order valence-corrected chi connectivity index (χ2v) is 7.08. The molecule has 1 aromatic heterocycles. The summed E-state index contributed by atoms with van der Waals surface area (Å²) < 4.78 is 5.94. The lowest BCUT2D eigenvalue weighted by Crippen LogP contribution is -2.57. The van der Waals surface area contributed by atoms with Crippen molar-refractivity contribution in [3.63, 3.8) is 0 Å². The Morgan fingerprint density at radius 2 is 1.81 bits per heavy atom. The van der Waals surface area contributed by atoms with Gasteiger partial charge in [0, 0.05) is 50.5 Å². The largest absolute Gasteiger partial charge is 0.486 e. The summed E-state index contributed by atoms with van der Waals surface area (Å²) in [6.45, 7) is 3.66. The molecule has 1 saturated carbocycles. The summed E-state index contributed by atoms with van der Waals surface area (Å²) in [5, 5.41) is 10.8. The molecule has 2 fully saturated rings. The minimum atomic E-state index is -0.589. The normalized spacial score (nSPS) is 29.7. The minimum Gasteiger partial charge on any atom is -0.486 e. The molecule has 1 aliphatic carbocycles. The molecule has 0 radical (unpaired) electrons. The van der Waals surface area contributed by atoms with E-state index in [1.807, 2.05) is 18.2 Å².